The first-order valence-electron chi connectivity index (χ1n) is 8.63. The van der Waals surface area contributed by atoms with Crippen LogP contribution in [0.2, 0.25) is 10.0 Å². The predicted octanol–water partition coefficient (Wildman–Crippen LogP) is 4.29. The third-order valence-corrected chi connectivity index (χ3v) is 7.02. The molecular weight excluding hydrogens is 421 g/mol. The number of nitrogens with zero attached hydrogens (tertiary/aromatic N) is 2. The highest BCUT2D eigenvalue weighted by atomic mass is 35.5. The number of sulfonamides is 1. The molecule has 6 nitrogen and oxygen atoms in total. The van der Waals surface area contributed by atoms with Crippen LogP contribution in [-0.4, -0.2) is 31.7 Å². The van der Waals surface area contributed by atoms with Gasteiger partial charge in [0.05, 0.1) is 26.1 Å². The Morgan fingerprint density at radius 2 is 1.75 bits per heavy atom. The summed E-state index contributed by atoms with van der Waals surface area (Å²) >= 11 is 12.1. The van der Waals surface area contributed by atoms with Crippen molar-refractivity contribution in [3.05, 3.63) is 57.6 Å². The molecule has 28 heavy (non-hydrogen) atoms. The van der Waals surface area contributed by atoms with Crippen molar-refractivity contribution in [1.29, 1.82) is 5.26 Å². The second-order valence-corrected chi connectivity index (χ2v) is 9.12. The molecule has 1 saturated heterocycles. The highest BCUT2D eigenvalue weighted by molar-refractivity contribution is 7.89. The number of nitriles is 1. The largest absolute Gasteiger partial charge is 0.322 e. The Kier molecular flexibility index (Phi) is 6.26. The van der Waals surface area contributed by atoms with E-state index >= 15 is 0 Å². The van der Waals surface area contributed by atoms with Crippen LogP contribution in [-0.2, 0) is 10.0 Å². The molecule has 0 radical (unpaired) electrons. The number of carbonyl (C=O) groups excluding carboxylic acids is 1. The molecule has 0 spiro atoms. The number of benzene rings is 2. The number of halogens is 2. The minimum atomic E-state index is -3.69. The fourth-order valence-electron chi connectivity index (χ4n) is 2.98. The maximum Gasteiger partial charge on any atom is 0.257 e. The average molecular weight is 438 g/mol. The molecule has 1 aliphatic rings. The number of amides is 1. The quantitative estimate of drug-likeness (QED) is 0.771. The maximum atomic E-state index is 12.8. The fraction of sp³-hybridized carbons (Fsp3) is 0.263. The minimum absolute atomic E-state index is 0.0295. The normalized spacial score (nSPS) is 15.0. The van der Waals surface area contributed by atoms with Crippen molar-refractivity contribution in [2.24, 2.45) is 0 Å². The Balaban J connectivity index is 1.88. The van der Waals surface area contributed by atoms with E-state index in [0.29, 0.717) is 18.8 Å². The number of hydrogen-bond acceptors (Lipinski definition) is 4. The van der Waals surface area contributed by atoms with Crippen LogP contribution in [0.15, 0.2) is 41.3 Å². The summed E-state index contributed by atoms with van der Waals surface area (Å²) in [6.45, 7) is 0.937. The number of hydrogen-bond donors (Lipinski definition) is 1. The number of carbonyl (C=O) groups is 1. The summed E-state index contributed by atoms with van der Waals surface area (Å²) in [6, 6.07) is 10.5. The lowest BCUT2D eigenvalue weighted by atomic mass is 10.2. The molecule has 1 aliphatic heterocycles. The summed E-state index contributed by atoms with van der Waals surface area (Å²) < 4.78 is 27.1. The molecule has 1 amide bonds. The van der Waals surface area contributed by atoms with E-state index in [4.69, 9.17) is 28.5 Å². The van der Waals surface area contributed by atoms with Gasteiger partial charge in [0.15, 0.2) is 0 Å². The predicted molar refractivity (Wildman–Crippen MR) is 108 cm³/mol. The first-order valence-corrected chi connectivity index (χ1v) is 10.8. The van der Waals surface area contributed by atoms with Gasteiger partial charge in [-0.3, -0.25) is 4.79 Å². The van der Waals surface area contributed by atoms with Gasteiger partial charge in [-0.25, -0.2) is 8.42 Å². The van der Waals surface area contributed by atoms with Crippen molar-refractivity contribution in [3.63, 3.8) is 0 Å². The molecule has 0 saturated carbocycles. The Morgan fingerprint density at radius 3 is 2.39 bits per heavy atom. The molecule has 146 valence electrons. The lowest BCUT2D eigenvalue weighted by Crippen LogP contribution is -2.35. The third-order valence-electron chi connectivity index (χ3n) is 4.48. The minimum Gasteiger partial charge on any atom is -0.322 e. The van der Waals surface area contributed by atoms with Gasteiger partial charge in [-0.1, -0.05) is 29.6 Å². The van der Waals surface area contributed by atoms with E-state index in [1.165, 1.54) is 40.7 Å². The van der Waals surface area contributed by atoms with E-state index < -0.39 is 15.9 Å². The number of anilines is 1. The van der Waals surface area contributed by atoms with E-state index in [1.54, 1.807) is 0 Å². The fourth-order valence-corrected chi connectivity index (χ4v) is 4.95. The molecule has 0 aliphatic carbocycles. The second kappa shape index (κ2) is 8.50. The molecule has 0 unspecified atom stereocenters. The Morgan fingerprint density at radius 1 is 1.04 bits per heavy atom. The molecular formula is C19H17Cl2N3O3S. The van der Waals surface area contributed by atoms with Crippen LogP contribution in [0.1, 0.15) is 35.2 Å². The monoisotopic (exact) mass is 437 g/mol. The Labute approximate surface area is 173 Å². The smallest absolute Gasteiger partial charge is 0.257 e. The highest BCUT2D eigenvalue weighted by Gasteiger charge is 2.27. The summed E-state index contributed by atoms with van der Waals surface area (Å²) in [4.78, 5) is 12.7. The second-order valence-electron chi connectivity index (χ2n) is 6.37. The molecule has 2 aromatic carbocycles. The van der Waals surface area contributed by atoms with Crippen molar-refractivity contribution in [2.45, 2.75) is 24.2 Å². The SMILES string of the molecule is N#Cc1ccc(NC(=O)c2cc(S(=O)(=O)N3CCCCC3)ccc2Cl)cc1Cl. The van der Waals surface area contributed by atoms with Crippen LogP contribution in [0.3, 0.4) is 0 Å². The molecule has 3 rings (SSSR count). The first kappa shape index (κ1) is 20.6. The van der Waals surface area contributed by atoms with Crippen LogP contribution in [0.4, 0.5) is 5.69 Å². The van der Waals surface area contributed by atoms with Gasteiger partial charge in [-0.15, -0.1) is 0 Å². The molecule has 2 aromatic rings. The lowest BCUT2D eigenvalue weighted by molar-refractivity contribution is 0.102. The highest BCUT2D eigenvalue weighted by Crippen LogP contribution is 2.26. The lowest BCUT2D eigenvalue weighted by Gasteiger charge is -2.26. The molecule has 1 heterocycles. The molecule has 0 aromatic heterocycles. The number of rotatable bonds is 4. The van der Waals surface area contributed by atoms with Gasteiger partial charge < -0.3 is 5.32 Å². The van der Waals surface area contributed by atoms with E-state index in [9.17, 15) is 13.2 Å². The van der Waals surface area contributed by atoms with Crippen LogP contribution >= 0.6 is 23.2 Å². The summed E-state index contributed by atoms with van der Waals surface area (Å²) in [5.74, 6) is -0.568. The number of nitrogens with one attached hydrogen (secondary N) is 1. The van der Waals surface area contributed by atoms with Gasteiger partial charge in [-0.05, 0) is 49.2 Å². The average Bonchev–Trinajstić information content (AvgIpc) is 2.69. The molecule has 9 heteroatoms. The van der Waals surface area contributed by atoms with Crippen LogP contribution < -0.4 is 5.32 Å². The van der Waals surface area contributed by atoms with Crippen LogP contribution in [0.5, 0.6) is 0 Å². The van der Waals surface area contributed by atoms with Crippen LogP contribution in [0.25, 0.3) is 0 Å². The van der Waals surface area contributed by atoms with Crippen molar-refractivity contribution < 1.29 is 13.2 Å². The van der Waals surface area contributed by atoms with Gasteiger partial charge in [0.1, 0.15) is 6.07 Å². The molecule has 0 atom stereocenters. The zero-order chi connectivity index (χ0) is 20.3. The summed E-state index contributed by atoms with van der Waals surface area (Å²) in [7, 11) is -3.69. The Bertz CT molecular complexity index is 1060. The van der Waals surface area contributed by atoms with E-state index in [1.807, 2.05) is 6.07 Å². The van der Waals surface area contributed by atoms with Crippen molar-refractivity contribution >= 4 is 44.8 Å². The van der Waals surface area contributed by atoms with Crippen molar-refractivity contribution in [3.8, 4) is 6.07 Å². The molecule has 0 bridgehead atoms. The van der Waals surface area contributed by atoms with Gasteiger partial charge in [-0.2, -0.15) is 9.57 Å². The van der Waals surface area contributed by atoms with Gasteiger partial charge in [0.25, 0.3) is 5.91 Å². The Hall–Kier alpha value is -2.11. The van der Waals surface area contributed by atoms with E-state index in [-0.39, 0.29) is 26.1 Å². The van der Waals surface area contributed by atoms with Crippen LogP contribution in [0, 0.1) is 11.3 Å². The third kappa shape index (κ3) is 4.31. The van der Waals surface area contributed by atoms with Crippen molar-refractivity contribution in [2.75, 3.05) is 18.4 Å². The molecule has 1 fully saturated rings. The summed E-state index contributed by atoms with van der Waals surface area (Å²) in [6.07, 6.45) is 2.65. The van der Waals surface area contributed by atoms with E-state index in [0.717, 1.165) is 19.3 Å². The zero-order valence-corrected chi connectivity index (χ0v) is 17.1. The van der Waals surface area contributed by atoms with Gasteiger partial charge >= 0.3 is 0 Å². The standard InChI is InChI=1S/C19H17Cl2N3O3S/c20-17-7-6-15(28(26,27)24-8-2-1-3-9-24)11-16(17)19(25)23-14-5-4-13(12-22)18(21)10-14/h4-7,10-11H,1-3,8-9H2,(H,23,25). The topological polar surface area (TPSA) is 90.3 Å². The molecule has 1 N–H and O–H groups in total. The van der Waals surface area contributed by atoms with Gasteiger partial charge in [0, 0.05) is 18.8 Å². The van der Waals surface area contributed by atoms with Gasteiger partial charge in [0.2, 0.25) is 10.0 Å². The summed E-state index contributed by atoms with van der Waals surface area (Å²) in [5, 5.41) is 11.9. The van der Waals surface area contributed by atoms with Crippen molar-refractivity contribution in [1.82, 2.24) is 4.31 Å². The van der Waals surface area contributed by atoms with E-state index in [2.05, 4.69) is 5.32 Å². The summed E-state index contributed by atoms with van der Waals surface area (Å²) in [5.41, 5.74) is 0.696. The first-order chi connectivity index (χ1) is 13.3. The zero-order valence-electron chi connectivity index (χ0n) is 14.8. The maximum absolute atomic E-state index is 12.8. The number of piperidine rings is 1.